The first kappa shape index (κ1) is 19.8. The van der Waals surface area contributed by atoms with E-state index in [0.717, 1.165) is 28.7 Å². The van der Waals surface area contributed by atoms with Gasteiger partial charge in [0.25, 0.3) is 5.91 Å². The zero-order valence-electron chi connectivity index (χ0n) is 14.7. The van der Waals surface area contributed by atoms with Crippen LogP contribution in [0.1, 0.15) is 9.75 Å². The fourth-order valence-electron chi connectivity index (χ4n) is 3.56. The fraction of sp³-hybridized carbons (Fsp3) is 0.150. The minimum Gasteiger partial charge on any atom is -0.369 e. The zero-order chi connectivity index (χ0) is 20.0. The van der Waals surface area contributed by atoms with E-state index in [4.69, 9.17) is 0 Å². The summed E-state index contributed by atoms with van der Waals surface area (Å²) >= 11 is 10.1. The van der Waals surface area contributed by atoms with Gasteiger partial charge in [-0.25, -0.2) is 0 Å². The van der Waals surface area contributed by atoms with Crippen LogP contribution < -0.4 is 0 Å². The third-order valence-electron chi connectivity index (χ3n) is 4.58. The summed E-state index contributed by atoms with van der Waals surface area (Å²) in [6, 6.07) is 7.83. The second-order valence-electron chi connectivity index (χ2n) is 6.21. The van der Waals surface area contributed by atoms with E-state index in [1.165, 1.54) is 22.7 Å². The van der Waals surface area contributed by atoms with Crippen molar-refractivity contribution in [3.05, 3.63) is 78.0 Å². The SMILES string of the molecule is C=CCN1C(=O)C2=C(c3ccc(Br)s3)N(CC=C)C(O)C2=C1c1ccc(Br)s1. The van der Waals surface area contributed by atoms with E-state index in [1.54, 1.807) is 17.1 Å². The molecule has 0 spiro atoms. The molecule has 8 heteroatoms. The predicted molar refractivity (Wildman–Crippen MR) is 123 cm³/mol. The molecule has 0 bridgehead atoms. The molecule has 0 aliphatic carbocycles. The molecule has 144 valence electrons. The lowest BCUT2D eigenvalue weighted by Gasteiger charge is -2.27. The normalized spacial score (nSPS) is 19.1. The second kappa shape index (κ2) is 7.76. The summed E-state index contributed by atoms with van der Waals surface area (Å²) < 4.78 is 1.94. The summed E-state index contributed by atoms with van der Waals surface area (Å²) in [7, 11) is 0. The van der Waals surface area contributed by atoms with Gasteiger partial charge < -0.3 is 14.9 Å². The lowest BCUT2D eigenvalue weighted by Crippen LogP contribution is -2.32. The fourth-order valence-corrected chi connectivity index (χ4v) is 6.47. The molecule has 1 N–H and O–H groups in total. The molecule has 28 heavy (non-hydrogen) atoms. The highest BCUT2D eigenvalue weighted by molar-refractivity contribution is 9.11. The number of hydrogen-bond acceptors (Lipinski definition) is 5. The highest BCUT2D eigenvalue weighted by Gasteiger charge is 2.48. The molecule has 2 aliphatic rings. The third kappa shape index (κ3) is 3.07. The highest BCUT2D eigenvalue weighted by atomic mass is 79.9. The maximum Gasteiger partial charge on any atom is 0.261 e. The summed E-state index contributed by atoms with van der Waals surface area (Å²) in [6.45, 7) is 8.44. The Hall–Kier alpha value is -1.45. The largest absolute Gasteiger partial charge is 0.369 e. The maximum absolute atomic E-state index is 13.5. The van der Waals surface area contributed by atoms with Crippen molar-refractivity contribution >= 4 is 71.8 Å². The number of amides is 1. The van der Waals surface area contributed by atoms with Gasteiger partial charge in [0.05, 0.1) is 34.3 Å². The van der Waals surface area contributed by atoms with Gasteiger partial charge in [0.1, 0.15) is 0 Å². The molecule has 2 aliphatic heterocycles. The van der Waals surface area contributed by atoms with Crippen LogP contribution in [0, 0.1) is 0 Å². The van der Waals surface area contributed by atoms with Gasteiger partial charge in [-0.05, 0) is 56.1 Å². The topological polar surface area (TPSA) is 43.8 Å². The summed E-state index contributed by atoms with van der Waals surface area (Å²) in [5, 5.41) is 11.2. The Balaban J connectivity index is 2.00. The van der Waals surface area contributed by atoms with Crippen molar-refractivity contribution in [1.29, 1.82) is 0 Å². The third-order valence-corrected chi connectivity index (χ3v) is 7.84. The molecule has 0 saturated heterocycles. The molecule has 1 amide bonds. The van der Waals surface area contributed by atoms with Crippen molar-refractivity contribution in [1.82, 2.24) is 9.80 Å². The average molecular weight is 540 g/mol. The standard InChI is InChI=1S/C20H16Br2N2O2S2/c1-3-9-23-17(11-5-7-13(21)27-11)15-16(19(23)25)18(12-6-8-14(22)28-12)24(10-4-2)20(15)26/h3-8,19,25H,1-2,9-10H2. The average Bonchev–Trinajstić information content (AvgIpc) is 3.39. The predicted octanol–water partition coefficient (Wildman–Crippen LogP) is 5.31. The van der Waals surface area contributed by atoms with Gasteiger partial charge in [0.2, 0.25) is 0 Å². The van der Waals surface area contributed by atoms with Gasteiger partial charge in [0, 0.05) is 18.7 Å². The van der Waals surface area contributed by atoms with Crippen LogP contribution in [0.5, 0.6) is 0 Å². The number of thiophene rings is 2. The molecule has 2 aromatic rings. The van der Waals surface area contributed by atoms with Crippen molar-refractivity contribution in [2.75, 3.05) is 13.1 Å². The molecular weight excluding hydrogens is 524 g/mol. The minimum absolute atomic E-state index is 0.112. The van der Waals surface area contributed by atoms with Gasteiger partial charge in [-0.3, -0.25) is 4.79 Å². The molecular formula is C20H16Br2N2O2S2. The Morgan fingerprint density at radius 1 is 1.00 bits per heavy atom. The Bertz CT molecular complexity index is 1050. The zero-order valence-corrected chi connectivity index (χ0v) is 19.5. The number of aliphatic hydroxyl groups excluding tert-OH is 1. The van der Waals surface area contributed by atoms with Crippen LogP contribution in [0.25, 0.3) is 11.4 Å². The highest BCUT2D eigenvalue weighted by Crippen LogP contribution is 2.50. The van der Waals surface area contributed by atoms with E-state index in [1.807, 2.05) is 29.2 Å². The lowest BCUT2D eigenvalue weighted by atomic mass is 10.1. The van der Waals surface area contributed by atoms with Gasteiger partial charge >= 0.3 is 0 Å². The first-order valence-electron chi connectivity index (χ1n) is 8.46. The number of hydrogen-bond donors (Lipinski definition) is 1. The van der Waals surface area contributed by atoms with E-state index in [-0.39, 0.29) is 5.91 Å². The summed E-state index contributed by atoms with van der Waals surface area (Å²) in [5.41, 5.74) is 2.72. The Morgan fingerprint density at radius 3 is 2.07 bits per heavy atom. The van der Waals surface area contributed by atoms with Crippen LogP contribution >= 0.6 is 54.5 Å². The van der Waals surface area contributed by atoms with Crippen LogP contribution in [-0.4, -0.2) is 40.1 Å². The monoisotopic (exact) mass is 538 g/mol. The Morgan fingerprint density at radius 2 is 1.57 bits per heavy atom. The molecule has 2 aromatic heterocycles. The van der Waals surface area contributed by atoms with Crippen LogP contribution in [0.15, 0.2) is 68.3 Å². The van der Waals surface area contributed by atoms with E-state index < -0.39 is 6.23 Å². The van der Waals surface area contributed by atoms with E-state index in [0.29, 0.717) is 24.2 Å². The molecule has 4 rings (SSSR count). The quantitative estimate of drug-likeness (QED) is 0.506. The Kier molecular flexibility index (Phi) is 5.50. The maximum atomic E-state index is 13.5. The summed E-state index contributed by atoms with van der Waals surface area (Å²) in [4.78, 5) is 18.8. The number of fused-ring (bicyclic) bond motifs is 1. The molecule has 0 aromatic carbocycles. The number of carbonyl (C=O) groups is 1. The van der Waals surface area contributed by atoms with Crippen molar-refractivity contribution in [2.24, 2.45) is 0 Å². The number of carbonyl (C=O) groups excluding carboxylic acids is 1. The molecule has 4 nitrogen and oxygen atoms in total. The van der Waals surface area contributed by atoms with Crippen LogP contribution in [0.3, 0.4) is 0 Å². The van der Waals surface area contributed by atoms with Crippen molar-refractivity contribution < 1.29 is 9.90 Å². The van der Waals surface area contributed by atoms with Crippen LogP contribution in [0.2, 0.25) is 0 Å². The van der Waals surface area contributed by atoms with Crippen molar-refractivity contribution in [3.63, 3.8) is 0 Å². The van der Waals surface area contributed by atoms with Gasteiger partial charge in [-0.2, -0.15) is 0 Å². The van der Waals surface area contributed by atoms with E-state index >= 15 is 0 Å². The van der Waals surface area contributed by atoms with Gasteiger partial charge in [-0.1, -0.05) is 12.2 Å². The second-order valence-corrected chi connectivity index (χ2v) is 11.1. The first-order valence-corrected chi connectivity index (χ1v) is 11.7. The van der Waals surface area contributed by atoms with E-state index in [2.05, 4.69) is 45.0 Å². The molecule has 0 saturated carbocycles. The van der Waals surface area contributed by atoms with Gasteiger partial charge in [0.15, 0.2) is 6.23 Å². The smallest absolute Gasteiger partial charge is 0.261 e. The number of nitrogens with zero attached hydrogens (tertiary/aromatic N) is 2. The molecule has 4 heterocycles. The van der Waals surface area contributed by atoms with Crippen LogP contribution in [0.4, 0.5) is 0 Å². The van der Waals surface area contributed by atoms with Crippen molar-refractivity contribution in [2.45, 2.75) is 6.23 Å². The first-order chi connectivity index (χ1) is 13.5. The molecule has 1 atom stereocenters. The molecule has 0 radical (unpaired) electrons. The number of rotatable bonds is 6. The summed E-state index contributed by atoms with van der Waals surface area (Å²) in [6.07, 6.45) is 2.53. The van der Waals surface area contributed by atoms with Gasteiger partial charge in [-0.15, -0.1) is 35.8 Å². The minimum atomic E-state index is -0.918. The number of aliphatic hydroxyl groups is 1. The van der Waals surface area contributed by atoms with Crippen molar-refractivity contribution in [3.8, 4) is 0 Å². The molecule has 0 fully saturated rings. The summed E-state index contributed by atoms with van der Waals surface area (Å²) in [5.74, 6) is -0.112. The Labute approximate surface area is 188 Å². The lowest BCUT2D eigenvalue weighted by molar-refractivity contribution is -0.122. The molecule has 1 unspecified atom stereocenters. The number of halogens is 2. The van der Waals surface area contributed by atoms with Crippen LogP contribution in [-0.2, 0) is 4.79 Å². The van der Waals surface area contributed by atoms with E-state index in [9.17, 15) is 9.90 Å².